The molecule has 0 amide bonds. The van der Waals surface area contributed by atoms with Gasteiger partial charge in [0, 0.05) is 21.5 Å². The third-order valence-electron chi connectivity index (χ3n) is 3.00. The van der Waals surface area contributed by atoms with E-state index in [4.69, 9.17) is 10.9 Å². The highest BCUT2D eigenvalue weighted by molar-refractivity contribution is 9.10. The monoisotopic (exact) mass is 314 g/mol. The van der Waals surface area contributed by atoms with Gasteiger partial charge in [0.15, 0.2) is 0 Å². The molecule has 0 bridgehead atoms. The van der Waals surface area contributed by atoms with E-state index in [2.05, 4.69) is 33.2 Å². The molecule has 0 saturated heterocycles. The summed E-state index contributed by atoms with van der Waals surface area (Å²) in [7, 11) is 0. The van der Waals surface area contributed by atoms with Crippen molar-refractivity contribution in [2.75, 3.05) is 5.75 Å². The minimum absolute atomic E-state index is 0.258. The van der Waals surface area contributed by atoms with Crippen LogP contribution >= 0.6 is 27.7 Å². The van der Waals surface area contributed by atoms with Crippen LogP contribution in [0.25, 0.3) is 0 Å². The molecule has 3 nitrogen and oxygen atoms in total. The SMILES string of the molecule is NC(CC1(CSc2ccc(Br)cc2)CC1)=NO. The highest BCUT2D eigenvalue weighted by atomic mass is 79.9. The third-order valence-corrected chi connectivity index (χ3v) is 4.89. The number of nitrogens with zero attached hydrogens (tertiary/aromatic N) is 1. The van der Waals surface area contributed by atoms with E-state index in [1.54, 1.807) is 0 Å². The Morgan fingerprint density at radius 1 is 1.41 bits per heavy atom. The average molecular weight is 315 g/mol. The van der Waals surface area contributed by atoms with Gasteiger partial charge in [0.05, 0.1) is 0 Å². The quantitative estimate of drug-likeness (QED) is 0.288. The van der Waals surface area contributed by atoms with Crippen molar-refractivity contribution >= 4 is 33.5 Å². The van der Waals surface area contributed by atoms with Gasteiger partial charge in [0.1, 0.15) is 5.84 Å². The second-order valence-corrected chi connectivity index (χ2v) is 6.48. The molecule has 0 atom stereocenters. The topological polar surface area (TPSA) is 58.6 Å². The number of amidine groups is 1. The second-order valence-electron chi connectivity index (χ2n) is 4.51. The molecule has 2 rings (SSSR count). The van der Waals surface area contributed by atoms with Crippen molar-refractivity contribution in [2.45, 2.75) is 24.2 Å². The van der Waals surface area contributed by atoms with E-state index in [0.717, 1.165) is 10.2 Å². The Morgan fingerprint density at radius 3 is 2.59 bits per heavy atom. The van der Waals surface area contributed by atoms with Gasteiger partial charge < -0.3 is 10.9 Å². The number of hydrogen-bond acceptors (Lipinski definition) is 3. The molecule has 1 aliphatic carbocycles. The largest absolute Gasteiger partial charge is 0.409 e. The minimum atomic E-state index is 0.258. The number of oxime groups is 1. The predicted octanol–water partition coefficient (Wildman–Crippen LogP) is 3.46. The van der Waals surface area contributed by atoms with E-state index < -0.39 is 0 Å². The molecule has 1 fully saturated rings. The Bertz CT molecular complexity index is 415. The molecule has 3 N–H and O–H groups in total. The summed E-state index contributed by atoms with van der Waals surface area (Å²) in [5.74, 6) is 1.38. The van der Waals surface area contributed by atoms with Crippen molar-refractivity contribution in [3.05, 3.63) is 28.7 Å². The molecule has 0 unspecified atom stereocenters. The molecule has 0 heterocycles. The maximum Gasteiger partial charge on any atom is 0.139 e. The summed E-state index contributed by atoms with van der Waals surface area (Å²) in [6.07, 6.45) is 3.05. The van der Waals surface area contributed by atoms with Gasteiger partial charge in [0.25, 0.3) is 0 Å². The fraction of sp³-hybridized carbons (Fsp3) is 0.417. The van der Waals surface area contributed by atoms with Crippen molar-refractivity contribution in [3.63, 3.8) is 0 Å². The van der Waals surface area contributed by atoms with Crippen LogP contribution in [0.3, 0.4) is 0 Å². The summed E-state index contributed by atoms with van der Waals surface area (Å²) in [6.45, 7) is 0. The lowest BCUT2D eigenvalue weighted by Gasteiger charge is -2.13. The van der Waals surface area contributed by atoms with Crippen molar-refractivity contribution in [1.29, 1.82) is 0 Å². The van der Waals surface area contributed by atoms with E-state index in [9.17, 15) is 0 Å². The number of benzene rings is 1. The fourth-order valence-electron chi connectivity index (χ4n) is 1.74. The Labute approximate surface area is 114 Å². The first kappa shape index (κ1) is 12.8. The number of rotatable bonds is 5. The predicted molar refractivity (Wildman–Crippen MR) is 74.6 cm³/mol. The van der Waals surface area contributed by atoms with Crippen molar-refractivity contribution in [3.8, 4) is 0 Å². The molecule has 0 aromatic heterocycles. The van der Waals surface area contributed by atoms with E-state index in [-0.39, 0.29) is 5.41 Å². The Kier molecular flexibility index (Phi) is 3.99. The minimum Gasteiger partial charge on any atom is -0.409 e. The zero-order valence-corrected chi connectivity index (χ0v) is 11.8. The van der Waals surface area contributed by atoms with Crippen LogP contribution in [0.5, 0.6) is 0 Å². The molecule has 1 aromatic rings. The van der Waals surface area contributed by atoms with Crippen LogP contribution in [-0.4, -0.2) is 16.8 Å². The van der Waals surface area contributed by atoms with Crippen molar-refractivity contribution < 1.29 is 5.21 Å². The molecule has 5 heteroatoms. The first-order valence-electron chi connectivity index (χ1n) is 5.48. The summed E-state index contributed by atoms with van der Waals surface area (Å²) in [6, 6.07) is 8.31. The van der Waals surface area contributed by atoms with Crippen molar-refractivity contribution in [2.24, 2.45) is 16.3 Å². The van der Waals surface area contributed by atoms with Gasteiger partial charge in [-0.3, -0.25) is 0 Å². The van der Waals surface area contributed by atoms with Gasteiger partial charge in [0.2, 0.25) is 0 Å². The Morgan fingerprint density at radius 2 is 2.06 bits per heavy atom. The Hall–Kier alpha value is -0.680. The zero-order valence-electron chi connectivity index (χ0n) is 9.40. The number of hydrogen-bond donors (Lipinski definition) is 2. The lowest BCUT2D eigenvalue weighted by Crippen LogP contribution is -2.19. The molecule has 92 valence electrons. The fourth-order valence-corrected chi connectivity index (χ4v) is 3.19. The summed E-state index contributed by atoms with van der Waals surface area (Å²) in [5.41, 5.74) is 5.83. The average Bonchev–Trinajstić information content (AvgIpc) is 3.09. The molecular weight excluding hydrogens is 300 g/mol. The van der Waals surface area contributed by atoms with Gasteiger partial charge in [-0.1, -0.05) is 21.1 Å². The van der Waals surface area contributed by atoms with Crippen LogP contribution in [0.4, 0.5) is 0 Å². The highest BCUT2D eigenvalue weighted by Crippen LogP contribution is 2.51. The maximum absolute atomic E-state index is 8.59. The van der Waals surface area contributed by atoms with E-state index in [1.807, 2.05) is 23.9 Å². The lowest BCUT2D eigenvalue weighted by molar-refractivity contribution is 0.315. The molecule has 1 aromatic carbocycles. The smallest absolute Gasteiger partial charge is 0.139 e. The summed E-state index contributed by atoms with van der Waals surface area (Å²) in [5, 5.41) is 11.7. The molecule has 1 saturated carbocycles. The summed E-state index contributed by atoms with van der Waals surface area (Å²) < 4.78 is 1.10. The zero-order chi connectivity index (χ0) is 12.3. The molecule has 1 aliphatic rings. The second kappa shape index (κ2) is 5.31. The van der Waals surface area contributed by atoms with Crippen molar-refractivity contribution in [1.82, 2.24) is 0 Å². The van der Waals surface area contributed by atoms with Crippen LogP contribution in [0.15, 0.2) is 38.8 Å². The van der Waals surface area contributed by atoms with Crippen LogP contribution in [-0.2, 0) is 0 Å². The van der Waals surface area contributed by atoms with Gasteiger partial charge in [-0.05, 0) is 42.5 Å². The molecule has 0 radical (unpaired) electrons. The number of halogens is 1. The van der Waals surface area contributed by atoms with E-state index >= 15 is 0 Å². The number of nitrogens with two attached hydrogens (primary N) is 1. The third kappa shape index (κ3) is 3.64. The van der Waals surface area contributed by atoms with Crippen LogP contribution in [0.1, 0.15) is 19.3 Å². The van der Waals surface area contributed by atoms with Crippen LogP contribution in [0, 0.1) is 5.41 Å². The van der Waals surface area contributed by atoms with E-state index in [1.165, 1.54) is 17.7 Å². The summed E-state index contributed by atoms with van der Waals surface area (Å²) in [4.78, 5) is 1.26. The molecule has 0 aliphatic heterocycles. The van der Waals surface area contributed by atoms with Gasteiger partial charge in [-0.25, -0.2) is 0 Å². The first-order chi connectivity index (χ1) is 8.13. The highest BCUT2D eigenvalue weighted by Gasteiger charge is 2.43. The first-order valence-corrected chi connectivity index (χ1v) is 7.26. The maximum atomic E-state index is 8.59. The molecule has 17 heavy (non-hydrogen) atoms. The Balaban J connectivity index is 1.88. The molecule has 0 spiro atoms. The normalized spacial score (nSPS) is 18.1. The van der Waals surface area contributed by atoms with Gasteiger partial charge in [-0.2, -0.15) is 0 Å². The van der Waals surface area contributed by atoms with Crippen LogP contribution < -0.4 is 5.73 Å². The van der Waals surface area contributed by atoms with E-state index in [0.29, 0.717) is 12.3 Å². The van der Waals surface area contributed by atoms with Gasteiger partial charge in [-0.15, -0.1) is 11.8 Å². The lowest BCUT2D eigenvalue weighted by atomic mass is 10.1. The van der Waals surface area contributed by atoms with Gasteiger partial charge >= 0.3 is 0 Å². The summed E-state index contributed by atoms with van der Waals surface area (Å²) >= 11 is 5.26. The molecular formula is C12H15BrN2OS. The number of thioether (sulfide) groups is 1. The standard InChI is InChI=1S/C12H15BrN2OS/c13-9-1-3-10(4-2-9)17-8-12(5-6-12)7-11(14)15-16/h1-4,16H,5-8H2,(H2,14,15). The van der Waals surface area contributed by atoms with Crippen LogP contribution in [0.2, 0.25) is 0 Å².